The molecule has 0 bridgehead atoms. The Morgan fingerprint density at radius 1 is 1.29 bits per heavy atom. The summed E-state index contributed by atoms with van der Waals surface area (Å²) in [6.45, 7) is 3.30. The van der Waals surface area contributed by atoms with Crippen LogP contribution in [-0.2, 0) is 16.1 Å². The van der Waals surface area contributed by atoms with Crippen LogP contribution in [0, 0.1) is 13.8 Å². The quantitative estimate of drug-likeness (QED) is 0.612. The molecule has 9 heteroatoms. The van der Waals surface area contributed by atoms with Crippen LogP contribution in [-0.4, -0.2) is 35.5 Å². The number of aromatic amines is 1. The summed E-state index contributed by atoms with van der Waals surface area (Å²) in [7, 11) is 1.50. The van der Waals surface area contributed by atoms with Crippen molar-refractivity contribution in [3.05, 3.63) is 56.4 Å². The highest BCUT2D eigenvalue weighted by atomic mass is 32.1. The molecular formula is C19H19N3O5S. The summed E-state index contributed by atoms with van der Waals surface area (Å²) in [6.07, 6.45) is 0. The van der Waals surface area contributed by atoms with Crippen molar-refractivity contribution >= 4 is 33.4 Å². The van der Waals surface area contributed by atoms with Gasteiger partial charge in [0.25, 0.3) is 11.5 Å². The summed E-state index contributed by atoms with van der Waals surface area (Å²) in [5.74, 6) is -0.267. The van der Waals surface area contributed by atoms with E-state index in [1.165, 1.54) is 18.4 Å². The standard InChI is InChI=1S/C19H19N3O5S/c1-10-11(2)28-19-16(10)18(25)21-14(22-19)9-27-15(23)8-20-17(24)12-5-4-6-13(7-12)26-3/h4-7H,8-9H2,1-3H3,(H,20,24)(H,21,22,25). The van der Waals surface area contributed by atoms with Gasteiger partial charge in [0.15, 0.2) is 0 Å². The number of thiophene rings is 1. The first-order chi connectivity index (χ1) is 13.4. The first kappa shape index (κ1) is 19.6. The Morgan fingerprint density at radius 3 is 2.82 bits per heavy atom. The fourth-order valence-electron chi connectivity index (χ4n) is 2.59. The predicted molar refractivity (Wildman–Crippen MR) is 105 cm³/mol. The van der Waals surface area contributed by atoms with Gasteiger partial charge in [-0.2, -0.15) is 0 Å². The SMILES string of the molecule is COc1cccc(C(=O)NCC(=O)OCc2nc3sc(C)c(C)c3c(=O)[nH]2)c1. The zero-order valence-electron chi connectivity index (χ0n) is 15.6. The molecule has 0 saturated carbocycles. The third-order valence-corrected chi connectivity index (χ3v) is 5.28. The normalized spacial score (nSPS) is 10.7. The molecule has 0 aliphatic rings. The summed E-state index contributed by atoms with van der Waals surface area (Å²) in [4.78, 5) is 44.8. The molecule has 2 N–H and O–H groups in total. The molecular weight excluding hydrogens is 382 g/mol. The van der Waals surface area contributed by atoms with Crippen molar-refractivity contribution in [3.63, 3.8) is 0 Å². The smallest absolute Gasteiger partial charge is 0.325 e. The lowest BCUT2D eigenvalue weighted by Crippen LogP contribution is -2.30. The number of esters is 1. The van der Waals surface area contributed by atoms with Gasteiger partial charge in [-0.3, -0.25) is 14.4 Å². The Labute approximate surface area is 164 Å². The number of carbonyl (C=O) groups excluding carboxylic acids is 2. The first-order valence-electron chi connectivity index (χ1n) is 8.46. The number of hydrogen-bond acceptors (Lipinski definition) is 7. The molecule has 0 atom stereocenters. The minimum absolute atomic E-state index is 0.185. The van der Waals surface area contributed by atoms with Crippen LogP contribution < -0.4 is 15.6 Å². The lowest BCUT2D eigenvalue weighted by molar-refractivity contribution is -0.143. The van der Waals surface area contributed by atoms with E-state index in [9.17, 15) is 14.4 Å². The van der Waals surface area contributed by atoms with Gasteiger partial charge in [0.2, 0.25) is 0 Å². The van der Waals surface area contributed by atoms with Crippen molar-refractivity contribution in [2.45, 2.75) is 20.5 Å². The third-order valence-electron chi connectivity index (χ3n) is 4.18. The molecule has 0 radical (unpaired) electrons. The van der Waals surface area contributed by atoms with Crippen molar-refractivity contribution in [3.8, 4) is 5.75 Å². The molecule has 28 heavy (non-hydrogen) atoms. The molecule has 0 unspecified atom stereocenters. The van der Waals surface area contributed by atoms with Crippen LogP contribution in [0.25, 0.3) is 10.2 Å². The zero-order valence-corrected chi connectivity index (χ0v) is 16.4. The van der Waals surface area contributed by atoms with Gasteiger partial charge in [0.1, 0.15) is 29.6 Å². The highest BCUT2D eigenvalue weighted by Gasteiger charge is 2.14. The number of benzene rings is 1. The van der Waals surface area contributed by atoms with E-state index < -0.39 is 11.9 Å². The Hall–Kier alpha value is -3.20. The number of rotatable bonds is 6. The topological polar surface area (TPSA) is 110 Å². The number of nitrogens with zero attached hydrogens (tertiary/aromatic N) is 1. The van der Waals surface area contributed by atoms with Gasteiger partial charge >= 0.3 is 5.97 Å². The van der Waals surface area contributed by atoms with Gasteiger partial charge in [-0.05, 0) is 37.6 Å². The number of aromatic nitrogens is 2. The average molecular weight is 401 g/mol. The average Bonchev–Trinajstić information content (AvgIpc) is 2.98. The van der Waals surface area contributed by atoms with E-state index in [2.05, 4.69) is 15.3 Å². The van der Waals surface area contributed by atoms with Gasteiger partial charge in [-0.1, -0.05) is 6.07 Å². The van der Waals surface area contributed by atoms with Gasteiger partial charge in [-0.15, -0.1) is 11.3 Å². The number of H-pyrrole nitrogens is 1. The molecule has 0 aliphatic heterocycles. The molecule has 1 amide bonds. The second-order valence-electron chi connectivity index (χ2n) is 6.05. The number of methoxy groups -OCH3 is 1. The van der Waals surface area contributed by atoms with Crippen LogP contribution in [0.3, 0.4) is 0 Å². The lowest BCUT2D eigenvalue weighted by Gasteiger charge is -2.07. The van der Waals surface area contributed by atoms with E-state index in [-0.39, 0.29) is 24.5 Å². The highest BCUT2D eigenvalue weighted by Crippen LogP contribution is 2.25. The highest BCUT2D eigenvalue weighted by molar-refractivity contribution is 7.18. The van der Waals surface area contributed by atoms with Crippen LogP contribution >= 0.6 is 11.3 Å². The summed E-state index contributed by atoms with van der Waals surface area (Å²) in [5, 5.41) is 3.04. The first-order valence-corrected chi connectivity index (χ1v) is 9.27. The maximum atomic E-state index is 12.2. The maximum absolute atomic E-state index is 12.2. The monoisotopic (exact) mass is 401 g/mol. The second-order valence-corrected chi connectivity index (χ2v) is 7.25. The molecule has 146 valence electrons. The van der Waals surface area contributed by atoms with E-state index >= 15 is 0 Å². The van der Waals surface area contributed by atoms with Crippen molar-refractivity contribution in [2.24, 2.45) is 0 Å². The van der Waals surface area contributed by atoms with Crippen LogP contribution in [0.1, 0.15) is 26.6 Å². The van der Waals surface area contributed by atoms with Crippen molar-refractivity contribution in [1.82, 2.24) is 15.3 Å². The van der Waals surface area contributed by atoms with Crippen molar-refractivity contribution < 1.29 is 19.1 Å². The molecule has 1 aromatic carbocycles. The Kier molecular flexibility index (Phi) is 5.74. The minimum Gasteiger partial charge on any atom is -0.497 e. The van der Waals surface area contributed by atoms with Crippen molar-refractivity contribution in [2.75, 3.05) is 13.7 Å². The summed E-state index contributed by atoms with van der Waals surface area (Å²) in [5.41, 5.74) is 1.01. The number of aryl methyl sites for hydroxylation is 2. The van der Waals surface area contributed by atoms with Gasteiger partial charge in [-0.25, -0.2) is 4.98 Å². The second kappa shape index (κ2) is 8.22. The zero-order chi connectivity index (χ0) is 20.3. The van der Waals surface area contributed by atoms with Gasteiger partial charge in [0.05, 0.1) is 12.5 Å². The van der Waals surface area contributed by atoms with Gasteiger partial charge in [0, 0.05) is 10.4 Å². The summed E-state index contributed by atoms with van der Waals surface area (Å²) >= 11 is 1.42. The number of hydrogen-bond donors (Lipinski definition) is 2. The molecule has 0 aliphatic carbocycles. The summed E-state index contributed by atoms with van der Waals surface area (Å²) in [6, 6.07) is 6.57. The number of ether oxygens (including phenoxy) is 2. The maximum Gasteiger partial charge on any atom is 0.325 e. The minimum atomic E-state index is -0.641. The van der Waals surface area contributed by atoms with E-state index in [0.717, 1.165) is 10.4 Å². The van der Waals surface area contributed by atoms with Crippen LogP contribution in [0.15, 0.2) is 29.1 Å². The largest absolute Gasteiger partial charge is 0.497 e. The number of carbonyl (C=O) groups is 2. The fourth-order valence-corrected chi connectivity index (χ4v) is 3.64. The molecule has 8 nitrogen and oxygen atoms in total. The Balaban J connectivity index is 1.58. The van der Waals surface area contributed by atoms with E-state index in [0.29, 0.717) is 21.5 Å². The number of amides is 1. The van der Waals surface area contributed by atoms with E-state index in [4.69, 9.17) is 9.47 Å². The van der Waals surface area contributed by atoms with E-state index in [1.54, 1.807) is 24.3 Å². The lowest BCUT2D eigenvalue weighted by atomic mass is 10.2. The molecule has 0 saturated heterocycles. The predicted octanol–water partition coefficient (Wildman–Crippen LogP) is 2.08. The molecule has 3 rings (SSSR count). The van der Waals surface area contributed by atoms with Crippen LogP contribution in [0.4, 0.5) is 0 Å². The molecule has 2 aromatic heterocycles. The molecule has 0 spiro atoms. The fraction of sp³-hybridized carbons (Fsp3) is 0.263. The van der Waals surface area contributed by atoms with Crippen LogP contribution in [0.2, 0.25) is 0 Å². The third kappa shape index (κ3) is 4.20. The molecule has 0 fully saturated rings. The van der Waals surface area contributed by atoms with Gasteiger partial charge < -0.3 is 19.8 Å². The Morgan fingerprint density at radius 2 is 2.07 bits per heavy atom. The molecule has 3 aromatic rings. The van der Waals surface area contributed by atoms with Crippen molar-refractivity contribution in [1.29, 1.82) is 0 Å². The van der Waals surface area contributed by atoms with E-state index in [1.807, 2.05) is 13.8 Å². The summed E-state index contributed by atoms with van der Waals surface area (Å²) < 4.78 is 10.2. The molecule has 2 heterocycles. The van der Waals surface area contributed by atoms with Crippen LogP contribution in [0.5, 0.6) is 5.75 Å². The number of fused-ring (bicyclic) bond motifs is 1. The Bertz CT molecular complexity index is 1100. The number of nitrogens with one attached hydrogen (secondary N) is 2.